The van der Waals surface area contributed by atoms with Gasteiger partial charge in [0.15, 0.2) is 16.5 Å². The van der Waals surface area contributed by atoms with E-state index in [2.05, 4.69) is 21.5 Å². The topological polar surface area (TPSA) is 179 Å². The van der Waals surface area contributed by atoms with Crippen molar-refractivity contribution in [2.24, 2.45) is 5.16 Å². The van der Waals surface area contributed by atoms with Gasteiger partial charge in [0.1, 0.15) is 49.1 Å². The van der Waals surface area contributed by atoms with E-state index in [0.29, 0.717) is 11.3 Å². The van der Waals surface area contributed by atoms with Crippen LogP contribution in [0.5, 0.6) is 0 Å². The fourth-order valence-corrected chi connectivity index (χ4v) is 6.35. The zero-order valence-corrected chi connectivity index (χ0v) is 21.5. The molecule has 13 nitrogen and oxygen atoms in total. The van der Waals surface area contributed by atoms with Gasteiger partial charge in [0, 0.05) is 22.8 Å². The van der Waals surface area contributed by atoms with Crippen LogP contribution in [0.3, 0.4) is 0 Å². The first-order valence-electron chi connectivity index (χ1n) is 11.2. The van der Waals surface area contributed by atoms with Crippen molar-refractivity contribution in [2.75, 3.05) is 18.6 Å². The summed E-state index contributed by atoms with van der Waals surface area (Å²) in [5.74, 6) is -2.14. The Hall–Kier alpha value is -4.42. The molecule has 38 heavy (non-hydrogen) atoms. The van der Waals surface area contributed by atoms with Gasteiger partial charge in [-0.2, -0.15) is 9.66 Å². The second-order valence-corrected chi connectivity index (χ2v) is 10.3. The van der Waals surface area contributed by atoms with Crippen LogP contribution < -0.4 is 15.6 Å². The number of fused-ring (bicyclic) bond motifs is 2. The highest BCUT2D eigenvalue weighted by Gasteiger charge is 2.54. The van der Waals surface area contributed by atoms with E-state index in [1.165, 1.54) is 23.8 Å². The van der Waals surface area contributed by atoms with Gasteiger partial charge in [-0.05, 0) is 6.07 Å². The highest BCUT2D eigenvalue weighted by atomic mass is 32.2. The second kappa shape index (κ2) is 10.1. The molecule has 0 saturated carbocycles. The van der Waals surface area contributed by atoms with Crippen molar-refractivity contribution in [1.82, 2.24) is 19.6 Å². The number of nitrogens with zero attached hydrogens (tertiary/aromatic N) is 6. The van der Waals surface area contributed by atoms with Gasteiger partial charge in [-0.1, -0.05) is 11.2 Å². The zero-order valence-electron chi connectivity index (χ0n) is 19.9. The average molecular weight is 554 g/mol. The monoisotopic (exact) mass is 553 g/mol. The van der Waals surface area contributed by atoms with Crippen LogP contribution in [0.15, 0.2) is 52.4 Å². The Labute approximate surface area is 223 Å². The molecule has 5 rings (SSSR count). The Morgan fingerprint density at radius 1 is 1.45 bits per heavy atom. The number of nitrogens with two attached hydrogens (primary N) is 1. The van der Waals surface area contributed by atoms with Crippen LogP contribution in [0.1, 0.15) is 11.4 Å². The number of carbonyl (C=O) groups excluding carboxylic acids is 2. The number of carboxylic acids is 1. The van der Waals surface area contributed by atoms with E-state index in [1.54, 1.807) is 5.38 Å². The minimum atomic E-state index is -1.23. The number of oxime groups is 1. The lowest BCUT2D eigenvalue weighted by Gasteiger charge is -2.49. The number of hydrogen-bond donors (Lipinski definition) is 3. The molecule has 0 aliphatic carbocycles. The maximum Gasteiger partial charge on any atom is 0.352 e. The summed E-state index contributed by atoms with van der Waals surface area (Å²) in [7, 11) is 1.28. The number of nitrogens with one attached hydrogen (secondary N) is 1. The number of rotatable bonds is 8. The van der Waals surface area contributed by atoms with Crippen LogP contribution in [0.4, 0.5) is 5.13 Å². The first kappa shape index (κ1) is 25.2. The molecule has 2 amide bonds. The summed E-state index contributed by atoms with van der Waals surface area (Å²) in [4.78, 5) is 48.4. The lowest BCUT2D eigenvalue weighted by Crippen LogP contribution is -2.71. The summed E-state index contributed by atoms with van der Waals surface area (Å²) >= 11 is 2.48. The molecule has 1 saturated heterocycles. The van der Waals surface area contributed by atoms with Gasteiger partial charge in [-0.25, -0.2) is 14.3 Å². The van der Waals surface area contributed by atoms with Crippen LogP contribution in [-0.4, -0.2) is 67.2 Å². The number of pyridine rings is 1. The Kier molecular flexibility index (Phi) is 6.74. The van der Waals surface area contributed by atoms with Crippen LogP contribution in [-0.2, 0) is 32.2 Å². The van der Waals surface area contributed by atoms with Crippen molar-refractivity contribution in [3.05, 3.63) is 58.6 Å². The fraction of sp³-hybridized carbons (Fsp3) is 0.261. The molecule has 2 atom stereocenters. The normalized spacial score (nSPS) is 19.1. The molecule has 1 fully saturated rings. The lowest BCUT2D eigenvalue weighted by atomic mass is 10.0. The standard InChI is InChI=1S/C23H20N8O5S2/c1-36-28-16(14-11-38-23(25)26-14)19(32)27-17-20(33)31-18(22(34)35)12(10-37-21(17)31)8-29-9-13(5-6-24)30-7-3-2-4-15(29)30/h2-4,7,9,11,17,21H,5,8,10H2,1H3,(H3-,25,26,27,32,34,35)/p+1/b28-16-/t17-,21+/m1/s1. The third-order valence-electron chi connectivity index (χ3n) is 6.07. The van der Waals surface area contributed by atoms with E-state index in [-0.39, 0.29) is 35.2 Å². The number of carbonyl (C=O) groups is 3. The van der Waals surface area contributed by atoms with E-state index in [4.69, 9.17) is 10.6 Å². The maximum atomic E-state index is 13.1. The van der Waals surface area contributed by atoms with E-state index in [1.807, 2.05) is 39.6 Å². The molecule has 5 heterocycles. The number of hydrogen-bond acceptors (Lipinski definition) is 10. The number of amides is 2. The molecule has 0 bridgehead atoms. The van der Waals surface area contributed by atoms with E-state index in [0.717, 1.165) is 22.7 Å². The third-order valence-corrected chi connectivity index (χ3v) is 8.08. The molecule has 0 unspecified atom stereocenters. The Morgan fingerprint density at radius 2 is 2.26 bits per heavy atom. The number of anilines is 1. The van der Waals surface area contributed by atoms with Crippen molar-refractivity contribution in [1.29, 1.82) is 5.26 Å². The molecule has 0 aromatic carbocycles. The summed E-state index contributed by atoms with van der Waals surface area (Å²) in [5, 5.41) is 26.8. The first-order valence-corrected chi connectivity index (χ1v) is 13.2. The summed E-state index contributed by atoms with van der Waals surface area (Å²) in [6, 6.07) is 6.76. The van der Waals surface area contributed by atoms with Crippen LogP contribution in [0.25, 0.3) is 5.65 Å². The van der Waals surface area contributed by atoms with Gasteiger partial charge in [0.05, 0.1) is 12.3 Å². The van der Waals surface area contributed by atoms with Crippen LogP contribution >= 0.6 is 23.1 Å². The minimum Gasteiger partial charge on any atom is -0.477 e. The molecule has 2 aliphatic heterocycles. The fourth-order valence-electron chi connectivity index (χ4n) is 4.47. The molecule has 3 aromatic rings. The van der Waals surface area contributed by atoms with Crippen LogP contribution in [0, 0.1) is 11.3 Å². The van der Waals surface area contributed by atoms with Crippen molar-refractivity contribution in [3.8, 4) is 6.07 Å². The quantitative estimate of drug-likeness (QED) is 0.151. The lowest BCUT2D eigenvalue weighted by molar-refractivity contribution is -0.662. The number of nitrogen functional groups attached to an aromatic ring is 1. The van der Waals surface area contributed by atoms with Crippen molar-refractivity contribution >= 4 is 57.4 Å². The van der Waals surface area contributed by atoms with Gasteiger partial charge in [0.25, 0.3) is 17.5 Å². The van der Waals surface area contributed by atoms with Crippen LogP contribution in [0.2, 0.25) is 0 Å². The number of thiazole rings is 1. The molecule has 15 heteroatoms. The minimum absolute atomic E-state index is 0.105. The molecule has 3 aromatic heterocycles. The number of thioether (sulfide) groups is 1. The van der Waals surface area contributed by atoms with Gasteiger partial charge >= 0.3 is 5.97 Å². The van der Waals surface area contributed by atoms with E-state index in [9.17, 15) is 24.8 Å². The SMILES string of the molecule is CO/N=C(\C(=O)N[C@@H]1C(=O)N2C(C(=O)O)=C(C[n+]3cc(CC#N)n4ccccc43)CS[C@@H]12)c1csc(N)n1. The summed E-state index contributed by atoms with van der Waals surface area (Å²) in [5.41, 5.74) is 7.70. The smallest absolute Gasteiger partial charge is 0.352 e. The first-order chi connectivity index (χ1) is 18.3. The van der Waals surface area contributed by atoms with Crippen molar-refractivity contribution in [3.63, 3.8) is 0 Å². The van der Waals surface area contributed by atoms with Crippen molar-refractivity contribution < 1.29 is 28.9 Å². The summed E-state index contributed by atoms with van der Waals surface area (Å²) < 4.78 is 3.74. The number of aliphatic carboxylic acids is 1. The molecule has 2 aliphatic rings. The predicted molar refractivity (Wildman–Crippen MR) is 137 cm³/mol. The number of nitriles is 1. The Morgan fingerprint density at radius 3 is 2.95 bits per heavy atom. The predicted octanol–water partition coefficient (Wildman–Crippen LogP) is 0.121. The molecule has 4 N–H and O–H groups in total. The molecular weight excluding hydrogens is 532 g/mol. The second-order valence-electron chi connectivity index (χ2n) is 8.32. The number of carboxylic acid groups (broad SMARTS) is 1. The Bertz CT molecular complexity index is 1570. The zero-order chi connectivity index (χ0) is 27.0. The molecule has 194 valence electrons. The van der Waals surface area contributed by atoms with Gasteiger partial charge in [-0.15, -0.1) is 23.1 Å². The Balaban J connectivity index is 1.39. The number of imidazole rings is 1. The van der Waals surface area contributed by atoms with Gasteiger partial charge in [0.2, 0.25) is 0 Å². The number of β-lactam (4-membered cyclic amide) rings is 1. The maximum absolute atomic E-state index is 13.1. The highest BCUT2D eigenvalue weighted by molar-refractivity contribution is 8.00. The highest BCUT2D eigenvalue weighted by Crippen LogP contribution is 2.40. The summed E-state index contributed by atoms with van der Waals surface area (Å²) in [6.07, 6.45) is 3.84. The third kappa shape index (κ3) is 4.33. The van der Waals surface area contributed by atoms with Gasteiger partial charge < -0.3 is 21.0 Å². The molecule has 0 spiro atoms. The van der Waals surface area contributed by atoms with E-state index < -0.39 is 29.2 Å². The van der Waals surface area contributed by atoms with Crippen molar-refractivity contribution in [2.45, 2.75) is 24.4 Å². The van der Waals surface area contributed by atoms with Gasteiger partial charge in [-0.3, -0.25) is 14.5 Å². The molecular formula is C23H21N8O5S2+. The molecule has 0 radical (unpaired) electrons. The van der Waals surface area contributed by atoms with E-state index >= 15 is 0 Å². The number of aromatic nitrogens is 3. The summed E-state index contributed by atoms with van der Waals surface area (Å²) in [6.45, 7) is 0.219. The largest absolute Gasteiger partial charge is 0.477 e. The average Bonchev–Trinajstić information content (AvgIpc) is 3.49.